The smallest absolute Gasteiger partial charge is 0.253 e. The van der Waals surface area contributed by atoms with Crippen LogP contribution in [-0.4, -0.2) is 45.7 Å². The maximum Gasteiger partial charge on any atom is 0.253 e. The van der Waals surface area contributed by atoms with Gasteiger partial charge in [-0.1, -0.05) is 47.5 Å². The van der Waals surface area contributed by atoms with E-state index < -0.39 is 36.0 Å². The Morgan fingerprint density at radius 2 is 0.881 bits per heavy atom. The predicted molar refractivity (Wildman–Crippen MR) is 160 cm³/mol. The molecule has 4 aliphatic rings. The Bertz CT molecular complexity index is 1610. The molecule has 42 heavy (non-hydrogen) atoms. The van der Waals surface area contributed by atoms with Crippen LogP contribution in [0, 0.1) is 25.7 Å². The van der Waals surface area contributed by atoms with Gasteiger partial charge in [0.1, 0.15) is 12.1 Å². The summed E-state index contributed by atoms with van der Waals surface area (Å²) in [5, 5.41) is 7.73. The zero-order valence-electron chi connectivity index (χ0n) is 22.8. The SMILES string of the molecule is Cc1ccc(N2C(=O)[C@H]3[C@@H](C2=O)N2[C@@H](c4cccs4)[C@H]4C(=O)N(c5ccc(C)cc5)C(=O)[C@@H]4N2[C@@H]3c2cccs2)cc1. The maximum atomic E-state index is 14.3. The van der Waals surface area contributed by atoms with E-state index in [1.54, 1.807) is 24.3 Å². The second-order valence-electron chi connectivity index (χ2n) is 11.3. The van der Waals surface area contributed by atoms with Gasteiger partial charge in [-0.05, 0) is 61.0 Å². The van der Waals surface area contributed by atoms with E-state index in [0.717, 1.165) is 20.9 Å². The summed E-state index contributed by atoms with van der Waals surface area (Å²) in [7, 11) is 0. The summed E-state index contributed by atoms with van der Waals surface area (Å²) in [6, 6.07) is 19.7. The van der Waals surface area contributed by atoms with Crippen LogP contribution in [0.2, 0.25) is 0 Å². The van der Waals surface area contributed by atoms with E-state index >= 15 is 0 Å². The Kier molecular flexibility index (Phi) is 5.68. The Morgan fingerprint density at radius 1 is 0.500 bits per heavy atom. The average Bonchev–Trinajstić information content (AvgIpc) is 3.81. The van der Waals surface area contributed by atoms with Gasteiger partial charge in [-0.15, -0.1) is 22.7 Å². The van der Waals surface area contributed by atoms with Crippen LogP contribution < -0.4 is 9.80 Å². The van der Waals surface area contributed by atoms with Crippen molar-refractivity contribution in [3.05, 3.63) is 104 Å². The lowest BCUT2D eigenvalue weighted by atomic mass is 9.88. The topological polar surface area (TPSA) is 81.2 Å². The van der Waals surface area contributed by atoms with Gasteiger partial charge in [0, 0.05) is 9.75 Å². The minimum atomic E-state index is -0.836. The number of carbonyl (C=O) groups is 4. The Hall–Kier alpha value is -3.96. The Morgan fingerprint density at radius 3 is 1.21 bits per heavy atom. The molecule has 4 amide bonds. The third-order valence-electron chi connectivity index (χ3n) is 8.98. The van der Waals surface area contributed by atoms with Crippen LogP contribution in [0.15, 0.2) is 83.6 Å². The summed E-state index contributed by atoms with van der Waals surface area (Å²) in [6.45, 7) is 3.92. The first-order valence-corrected chi connectivity index (χ1v) is 15.6. The molecule has 0 saturated carbocycles. The minimum Gasteiger partial charge on any atom is -0.274 e. The van der Waals surface area contributed by atoms with Crippen molar-refractivity contribution in [2.24, 2.45) is 11.8 Å². The molecular weight excluding hydrogens is 569 g/mol. The number of benzene rings is 2. The molecule has 10 heteroatoms. The van der Waals surface area contributed by atoms with Crippen molar-refractivity contribution in [3.8, 4) is 0 Å². The highest BCUT2D eigenvalue weighted by atomic mass is 32.1. The molecule has 6 heterocycles. The van der Waals surface area contributed by atoms with Gasteiger partial charge < -0.3 is 0 Å². The molecule has 210 valence electrons. The molecule has 2 aromatic heterocycles. The first-order valence-electron chi connectivity index (χ1n) is 13.9. The Balaban J connectivity index is 1.30. The van der Waals surface area contributed by atoms with Crippen molar-refractivity contribution in [1.29, 1.82) is 0 Å². The number of aryl methyl sites for hydroxylation is 2. The molecule has 0 aliphatic carbocycles. The average molecular weight is 595 g/mol. The third kappa shape index (κ3) is 3.40. The summed E-state index contributed by atoms with van der Waals surface area (Å²) in [4.78, 5) is 61.5. The number of nitrogens with zero attached hydrogens (tertiary/aromatic N) is 4. The van der Waals surface area contributed by atoms with E-state index in [0.29, 0.717) is 11.4 Å². The van der Waals surface area contributed by atoms with Gasteiger partial charge in [0.15, 0.2) is 0 Å². The molecule has 8 rings (SSSR count). The zero-order valence-corrected chi connectivity index (χ0v) is 24.4. The van der Waals surface area contributed by atoms with Crippen molar-refractivity contribution < 1.29 is 19.2 Å². The summed E-state index contributed by atoms with van der Waals surface area (Å²) in [5.41, 5.74) is 3.12. The number of imide groups is 2. The van der Waals surface area contributed by atoms with E-state index in [9.17, 15) is 19.2 Å². The molecule has 4 fully saturated rings. The third-order valence-corrected chi connectivity index (χ3v) is 10.9. The van der Waals surface area contributed by atoms with Crippen LogP contribution in [0.1, 0.15) is 33.0 Å². The number of amides is 4. The lowest BCUT2D eigenvalue weighted by Crippen LogP contribution is -2.50. The lowest BCUT2D eigenvalue weighted by molar-refractivity contribution is -0.135. The van der Waals surface area contributed by atoms with Crippen LogP contribution in [0.3, 0.4) is 0 Å². The number of fused-ring (bicyclic) bond motifs is 5. The number of hydrogen-bond donors (Lipinski definition) is 0. The molecule has 0 bridgehead atoms. The van der Waals surface area contributed by atoms with Crippen molar-refractivity contribution in [2.45, 2.75) is 38.0 Å². The zero-order chi connectivity index (χ0) is 28.9. The number of thiophene rings is 2. The predicted octanol–water partition coefficient (Wildman–Crippen LogP) is 4.87. The van der Waals surface area contributed by atoms with Crippen LogP contribution in [0.25, 0.3) is 0 Å². The van der Waals surface area contributed by atoms with E-state index in [-0.39, 0.29) is 23.6 Å². The summed E-state index contributed by atoms with van der Waals surface area (Å²) in [5.74, 6) is -2.66. The molecule has 4 aliphatic heterocycles. The normalized spacial score (nSPS) is 29.1. The Labute approximate surface area is 250 Å². The van der Waals surface area contributed by atoms with Crippen molar-refractivity contribution in [3.63, 3.8) is 0 Å². The maximum absolute atomic E-state index is 14.3. The fraction of sp³-hybridized carbons (Fsp3) is 0.250. The number of hydrazine groups is 1. The first-order chi connectivity index (χ1) is 20.4. The van der Waals surface area contributed by atoms with E-state index in [1.165, 1.54) is 32.5 Å². The van der Waals surface area contributed by atoms with Gasteiger partial charge in [0.2, 0.25) is 11.8 Å². The van der Waals surface area contributed by atoms with Crippen molar-refractivity contribution >= 4 is 57.7 Å². The van der Waals surface area contributed by atoms with Crippen molar-refractivity contribution in [2.75, 3.05) is 9.80 Å². The van der Waals surface area contributed by atoms with Crippen LogP contribution in [0.5, 0.6) is 0 Å². The van der Waals surface area contributed by atoms with E-state index in [1.807, 2.05) is 83.2 Å². The highest BCUT2D eigenvalue weighted by Gasteiger charge is 2.74. The molecule has 8 nitrogen and oxygen atoms in total. The molecule has 0 radical (unpaired) electrons. The van der Waals surface area contributed by atoms with Crippen LogP contribution in [0.4, 0.5) is 11.4 Å². The first kappa shape index (κ1) is 25.7. The minimum absolute atomic E-state index is 0.282. The fourth-order valence-electron chi connectivity index (χ4n) is 7.21. The number of carbonyl (C=O) groups excluding carboxylic acids is 4. The standard InChI is InChI=1S/C32H26N4O4S2/c1-17-7-11-19(12-8-17)33-29(37)23-25(21-5-3-15-41-21)36-28-24(26(22-6-4-16-42-22)35(36)27(23)31(33)39)30(38)34(32(28)40)20-13-9-18(2)10-14-20/h3-16,23-28H,1-2H3/t23-,24-,25-,26+,27+,28-/m1/s1. The lowest BCUT2D eigenvalue weighted by Gasteiger charge is -2.35. The molecule has 6 atom stereocenters. The van der Waals surface area contributed by atoms with Gasteiger partial charge in [0.05, 0.1) is 35.3 Å². The molecule has 2 aromatic carbocycles. The van der Waals surface area contributed by atoms with Gasteiger partial charge in [-0.2, -0.15) is 0 Å². The quantitative estimate of drug-likeness (QED) is 0.314. The molecule has 0 unspecified atom stereocenters. The summed E-state index contributed by atoms with van der Waals surface area (Å²) in [6.07, 6.45) is 0. The van der Waals surface area contributed by atoms with E-state index in [2.05, 4.69) is 0 Å². The summed E-state index contributed by atoms with van der Waals surface area (Å²) < 4.78 is 0. The second-order valence-corrected chi connectivity index (χ2v) is 13.3. The number of hydrogen-bond acceptors (Lipinski definition) is 8. The second kappa shape index (κ2) is 9.27. The number of anilines is 2. The molecule has 4 aromatic rings. The monoisotopic (exact) mass is 594 g/mol. The number of rotatable bonds is 4. The van der Waals surface area contributed by atoms with Gasteiger partial charge >= 0.3 is 0 Å². The largest absolute Gasteiger partial charge is 0.274 e. The molecule has 0 N–H and O–H groups in total. The van der Waals surface area contributed by atoms with E-state index in [4.69, 9.17) is 0 Å². The molecule has 0 spiro atoms. The van der Waals surface area contributed by atoms with Gasteiger partial charge in [-0.25, -0.2) is 19.8 Å². The van der Waals surface area contributed by atoms with Crippen molar-refractivity contribution in [1.82, 2.24) is 10.0 Å². The van der Waals surface area contributed by atoms with Gasteiger partial charge in [-0.3, -0.25) is 19.2 Å². The van der Waals surface area contributed by atoms with Crippen LogP contribution >= 0.6 is 22.7 Å². The van der Waals surface area contributed by atoms with Gasteiger partial charge in [0.25, 0.3) is 11.8 Å². The molecule has 4 saturated heterocycles. The highest BCUT2D eigenvalue weighted by molar-refractivity contribution is 7.10. The fourth-order valence-corrected chi connectivity index (χ4v) is 8.94. The summed E-state index contributed by atoms with van der Waals surface area (Å²) >= 11 is 2.99. The molecular formula is C32H26N4O4S2. The highest BCUT2D eigenvalue weighted by Crippen LogP contribution is 2.60. The van der Waals surface area contributed by atoms with Crippen LogP contribution in [-0.2, 0) is 19.2 Å².